The third kappa shape index (κ3) is 3.39. The average molecular weight is 278 g/mol. The van der Waals surface area contributed by atoms with Crippen LogP contribution in [-0.4, -0.2) is 35.7 Å². The zero-order chi connectivity index (χ0) is 14.5. The first kappa shape index (κ1) is 15.0. The number of rotatable bonds is 5. The number of aryl methyl sites for hydroxylation is 1. The van der Waals surface area contributed by atoms with Crippen molar-refractivity contribution in [2.75, 3.05) is 24.6 Å². The Hall–Kier alpha value is -1.36. The van der Waals surface area contributed by atoms with E-state index in [-0.39, 0.29) is 0 Å². The molecule has 1 aliphatic rings. The summed E-state index contributed by atoms with van der Waals surface area (Å²) in [7, 11) is 0. The zero-order valence-corrected chi connectivity index (χ0v) is 12.8. The van der Waals surface area contributed by atoms with Crippen LogP contribution in [0.3, 0.4) is 0 Å². The number of nitrogens with two attached hydrogens (primary N) is 1. The van der Waals surface area contributed by atoms with Gasteiger partial charge in [0.2, 0.25) is 11.8 Å². The van der Waals surface area contributed by atoms with Gasteiger partial charge in [-0.15, -0.1) is 0 Å². The summed E-state index contributed by atoms with van der Waals surface area (Å²) in [6.07, 6.45) is 3.55. The number of aromatic nitrogens is 2. The van der Waals surface area contributed by atoms with Gasteiger partial charge in [0.25, 0.3) is 0 Å². The SMILES string of the molecule is CCOc1cc(C)nc(N2CCC(CC)CC2CN)n1. The Morgan fingerprint density at radius 2 is 2.20 bits per heavy atom. The van der Waals surface area contributed by atoms with E-state index in [1.54, 1.807) is 0 Å². The van der Waals surface area contributed by atoms with Crippen LogP contribution < -0.4 is 15.4 Å². The number of ether oxygens (including phenoxy) is 1. The van der Waals surface area contributed by atoms with Gasteiger partial charge < -0.3 is 15.4 Å². The molecular weight excluding hydrogens is 252 g/mol. The Balaban J connectivity index is 2.21. The Morgan fingerprint density at radius 1 is 1.40 bits per heavy atom. The first-order valence-electron chi connectivity index (χ1n) is 7.63. The first-order valence-corrected chi connectivity index (χ1v) is 7.63. The molecule has 0 aliphatic carbocycles. The van der Waals surface area contributed by atoms with Gasteiger partial charge in [0.05, 0.1) is 6.61 Å². The molecule has 5 nitrogen and oxygen atoms in total. The molecule has 0 spiro atoms. The van der Waals surface area contributed by atoms with E-state index >= 15 is 0 Å². The summed E-state index contributed by atoms with van der Waals surface area (Å²) in [6.45, 7) is 8.45. The number of hydrogen-bond acceptors (Lipinski definition) is 5. The fourth-order valence-electron chi connectivity index (χ4n) is 2.87. The van der Waals surface area contributed by atoms with Crippen molar-refractivity contribution in [2.24, 2.45) is 11.7 Å². The van der Waals surface area contributed by atoms with Gasteiger partial charge in [-0.05, 0) is 32.6 Å². The minimum absolute atomic E-state index is 0.338. The molecule has 2 rings (SSSR count). The average Bonchev–Trinajstić information content (AvgIpc) is 2.46. The highest BCUT2D eigenvalue weighted by Gasteiger charge is 2.28. The van der Waals surface area contributed by atoms with E-state index in [1.165, 1.54) is 12.8 Å². The molecule has 1 aromatic heterocycles. The van der Waals surface area contributed by atoms with Crippen LogP contribution in [0.1, 0.15) is 38.8 Å². The van der Waals surface area contributed by atoms with Crippen molar-refractivity contribution < 1.29 is 4.74 Å². The normalized spacial score (nSPS) is 22.9. The highest BCUT2D eigenvalue weighted by Crippen LogP contribution is 2.28. The number of hydrogen-bond donors (Lipinski definition) is 1. The van der Waals surface area contributed by atoms with Crippen molar-refractivity contribution >= 4 is 5.95 Å². The summed E-state index contributed by atoms with van der Waals surface area (Å²) in [6, 6.07) is 2.22. The Bertz CT molecular complexity index is 438. The minimum Gasteiger partial charge on any atom is -0.478 e. The molecule has 0 aromatic carbocycles. The summed E-state index contributed by atoms with van der Waals surface area (Å²) >= 11 is 0. The van der Waals surface area contributed by atoms with Crippen LogP contribution in [-0.2, 0) is 0 Å². The van der Waals surface area contributed by atoms with E-state index in [0.717, 1.165) is 30.5 Å². The number of anilines is 1. The highest BCUT2D eigenvalue weighted by molar-refractivity contribution is 5.36. The van der Waals surface area contributed by atoms with Gasteiger partial charge in [-0.2, -0.15) is 4.98 Å². The molecule has 1 aliphatic heterocycles. The summed E-state index contributed by atoms with van der Waals surface area (Å²) in [5, 5.41) is 0. The van der Waals surface area contributed by atoms with Gasteiger partial charge in [0.1, 0.15) is 0 Å². The van der Waals surface area contributed by atoms with Crippen LogP contribution in [0.5, 0.6) is 5.88 Å². The van der Waals surface area contributed by atoms with Gasteiger partial charge in [0, 0.05) is 30.9 Å². The molecule has 0 radical (unpaired) electrons. The molecule has 0 amide bonds. The zero-order valence-electron chi connectivity index (χ0n) is 12.8. The second-order valence-corrected chi connectivity index (χ2v) is 5.46. The standard InChI is InChI=1S/C15H26N4O/c1-4-12-6-7-19(13(9-12)10-16)15-17-11(3)8-14(18-15)20-5-2/h8,12-13H,4-7,9-10,16H2,1-3H3. The van der Waals surface area contributed by atoms with E-state index in [4.69, 9.17) is 10.5 Å². The maximum absolute atomic E-state index is 5.95. The molecule has 2 heterocycles. The Labute approximate surface area is 121 Å². The lowest BCUT2D eigenvalue weighted by atomic mass is 9.89. The molecular formula is C15H26N4O. The molecule has 2 unspecified atom stereocenters. The molecule has 1 fully saturated rings. The van der Waals surface area contributed by atoms with Crippen LogP contribution in [0.25, 0.3) is 0 Å². The van der Waals surface area contributed by atoms with E-state index in [2.05, 4.69) is 21.8 Å². The topological polar surface area (TPSA) is 64.3 Å². The molecule has 5 heteroatoms. The minimum atomic E-state index is 0.338. The van der Waals surface area contributed by atoms with Crippen LogP contribution in [0, 0.1) is 12.8 Å². The maximum atomic E-state index is 5.95. The summed E-state index contributed by atoms with van der Waals surface area (Å²) in [5.41, 5.74) is 6.89. The molecule has 0 saturated carbocycles. The highest BCUT2D eigenvalue weighted by atomic mass is 16.5. The van der Waals surface area contributed by atoms with E-state index in [0.29, 0.717) is 25.1 Å². The Morgan fingerprint density at radius 3 is 2.85 bits per heavy atom. The van der Waals surface area contributed by atoms with Crippen molar-refractivity contribution in [1.29, 1.82) is 0 Å². The van der Waals surface area contributed by atoms with Crippen molar-refractivity contribution in [1.82, 2.24) is 9.97 Å². The lowest BCUT2D eigenvalue weighted by Crippen LogP contribution is -2.47. The van der Waals surface area contributed by atoms with E-state index < -0.39 is 0 Å². The number of piperidine rings is 1. The predicted octanol–water partition coefficient (Wildman–Crippen LogP) is 2.14. The lowest BCUT2D eigenvalue weighted by Gasteiger charge is -2.39. The third-order valence-electron chi connectivity index (χ3n) is 4.04. The second-order valence-electron chi connectivity index (χ2n) is 5.46. The van der Waals surface area contributed by atoms with Gasteiger partial charge in [-0.3, -0.25) is 0 Å². The molecule has 0 bridgehead atoms. The predicted molar refractivity (Wildman–Crippen MR) is 81.1 cm³/mol. The molecule has 1 aromatic rings. The fourth-order valence-corrected chi connectivity index (χ4v) is 2.87. The van der Waals surface area contributed by atoms with E-state index in [9.17, 15) is 0 Å². The Kier molecular flexibility index (Phi) is 5.17. The first-order chi connectivity index (χ1) is 9.67. The third-order valence-corrected chi connectivity index (χ3v) is 4.04. The molecule has 1 saturated heterocycles. The summed E-state index contributed by atoms with van der Waals surface area (Å²) < 4.78 is 5.52. The van der Waals surface area contributed by atoms with Crippen molar-refractivity contribution in [3.05, 3.63) is 11.8 Å². The van der Waals surface area contributed by atoms with Crippen LogP contribution in [0.15, 0.2) is 6.07 Å². The van der Waals surface area contributed by atoms with Crippen molar-refractivity contribution in [3.8, 4) is 5.88 Å². The van der Waals surface area contributed by atoms with Gasteiger partial charge in [0.15, 0.2) is 0 Å². The lowest BCUT2D eigenvalue weighted by molar-refractivity contribution is 0.318. The van der Waals surface area contributed by atoms with E-state index in [1.807, 2.05) is 19.9 Å². The van der Waals surface area contributed by atoms with Crippen molar-refractivity contribution in [3.63, 3.8) is 0 Å². The largest absolute Gasteiger partial charge is 0.478 e. The maximum Gasteiger partial charge on any atom is 0.229 e. The second kappa shape index (κ2) is 6.88. The summed E-state index contributed by atoms with van der Waals surface area (Å²) in [4.78, 5) is 11.4. The van der Waals surface area contributed by atoms with Crippen LogP contribution in [0.2, 0.25) is 0 Å². The van der Waals surface area contributed by atoms with Crippen LogP contribution in [0.4, 0.5) is 5.95 Å². The summed E-state index contributed by atoms with van der Waals surface area (Å²) in [5.74, 6) is 2.19. The molecule has 2 N–H and O–H groups in total. The quantitative estimate of drug-likeness (QED) is 0.894. The monoisotopic (exact) mass is 278 g/mol. The number of nitrogens with zero attached hydrogens (tertiary/aromatic N) is 3. The molecule has 20 heavy (non-hydrogen) atoms. The van der Waals surface area contributed by atoms with Gasteiger partial charge in [-0.25, -0.2) is 4.98 Å². The van der Waals surface area contributed by atoms with Gasteiger partial charge in [-0.1, -0.05) is 13.3 Å². The van der Waals surface area contributed by atoms with Crippen molar-refractivity contribution in [2.45, 2.75) is 46.1 Å². The smallest absolute Gasteiger partial charge is 0.229 e. The van der Waals surface area contributed by atoms with Crippen LogP contribution >= 0.6 is 0 Å². The molecule has 2 atom stereocenters. The molecule has 112 valence electrons. The van der Waals surface area contributed by atoms with Gasteiger partial charge >= 0.3 is 0 Å². The fraction of sp³-hybridized carbons (Fsp3) is 0.733.